The van der Waals surface area contributed by atoms with Crippen LogP contribution in [0.25, 0.3) is 11.4 Å². The van der Waals surface area contributed by atoms with Gasteiger partial charge < -0.3 is 9.82 Å². The summed E-state index contributed by atoms with van der Waals surface area (Å²) in [4.78, 5) is 65.2. The molecule has 30 heavy (non-hydrogen) atoms. The third-order valence-corrected chi connectivity index (χ3v) is 4.71. The van der Waals surface area contributed by atoms with Crippen molar-refractivity contribution in [1.29, 1.82) is 0 Å². The van der Waals surface area contributed by atoms with E-state index in [-0.39, 0.29) is 29.5 Å². The van der Waals surface area contributed by atoms with E-state index in [2.05, 4.69) is 15.0 Å². The van der Waals surface area contributed by atoms with Crippen molar-refractivity contribution in [2.75, 3.05) is 0 Å². The zero-order chi connectivity index (χ0) is 21.3. The van der Waals surface area contributed by atoms with Gasteiger partial charge in [-0.15, -0.1) is 0 Å². The number of hydrogen-bond acceptors (Lipinski definition) is 7. The Labute approximate surface area is 170 Å². The number of aromatic nitrogens is 3. The molecule has 3 heterocycles. The quantitative estimate of drug-likeness (QED) is 0.644. The molecule has 1 N–H and O–H groups in total. The molecule has 9 heteroatoms. The molecule has 1 aliphatic heterocycles. The molecule has 0 spiro atoms. The maximum atomic E-state index is 12.5. The zero-order valence-electron chi connectivity index (χ0n) is 15.9. The number of pyridine rings is 1. The highest BCUT2D eigenvalue weighted by Crippen LogP contribution is 2.23. The molecule has 0 atom stereocenters. The van der Waals surface area contributed by atoms with Gasteiger partial charge in [0.25, 0.3) is 17.4 Å². The monoisotopic (exact) mass is 404 g/mol. The predicted octanol–water partition coefficient (Wildman–Crippen LogP) is 1.83. The van der Waals surface area contributed by atoms with Crippen molar-refractivity contribution in [3.63, 3.8) is 0 Å². The number of carbonyl (C=O) groups is 3. The van der Waals surface area contributed by atoms with Gasteiger partial charge in [0.15, 0.2) is 0 Å². The van der Waals surface area contributed by atoms with E-state index in [9.17, 15) is 19.2 Å². The first-order valence-corrected chi connectivity index (χ1v) is 9.14. The van der Waals surface area contributed by atoms with Gasteiger partial charge >= 0.3 is 5.97 Å². The Morgan fingerprint density at radius 1 is 1.03 bits per heavy atom. The maximum absolute atomic E-state index is 12.5. The van der Waals surface area contributed by atoms with Crippen LogP contribution >= 0.6 is 0 Å². The predicted molar refractivity (Wildman–Crippen MR) is 104 cm³/mol. The molecule has 0 unspecified atom stereocenters. The number of nitrogens with one attached hydrogen (secondary N) is 1. The van der Waals surface area contributed by atoms with Crippen LogP contribution < -0.4 is 5.56 Å². The fourth-order valence-electron chi connectivity index (χ4n) is 3.18. The lowest BCUT2D eigenvalue weighted by Crippen LogP contribution is -2.33. The molecule has 0 radical (unpaired) electrons. The lowest BCUT2D eigenvalue weighted by Gasteiger charge is -2.13. The third-order valence-electron chi connectivity index (χ3n) is 4.71. The number of imide groups is 1. The van der Waals surface area contributed by atoms with Crippen LogP contribution in [0.3, 0.4) is 0 Å². The summed E-state index contributed by atoms with van der Waals surface area (Å²) in [5, 5.41) is 0.453. The molecule has 150 valence electrons. The lowest BCUT2D eigenvalue weighted by molar-refractivity contribution is -0.168. The summed E-state index contributed by atoms with van der Waals surface area (Å²) in [5.41, 5.74) is 1.49. The SMILES string of the molecule is Cc1nc(-c2ccncc2)[nH]c(=O)c1CCC(=O)ON1C(=O)c2ccccc2C1=O. The van der Waals surface area contributed by atoms with Crippen molar-refractivity contribution in [2.45, 2.75) is 19.8 Å². The van der Waals surface area contributed by atoms with Gasteiger partial charge in [0.1, 0.15) is 5.82 Å². The first kappa shape index (κ1) is 19.2. The van der Waals surface area contributed by atoms with Crippen LogP contribution in [0.4, 0.5) is 0 Å². The summed E-state index contributed by atoms with van der Waals surface area (Å²) >= 11 is 0. The van der Waals surface area contributed by atoms with Crippen LogP contribution in [0.1, 0.15) is 38.4 Å². The summed E-state index contributed by atoms with van der Waals surface area (Å²) in [6.45, 7) is 1.67. The Balaban J connectivity index is 1.44. The van der Waals surface area contributed by atoms with Crippen LogP contribution in [0, 0.1) is 6.92 Å². The number of H-pyrrole nitrogens is 1. The fourth-order valence-corrected chi connectivity index (χ4v) is 3.18. The molecular formula is C21H16N4O5. The summed E-state index contributed by atoms with van der Waals surface area (Å²) in [6.07, 6.45) is 3.03. The molecule has 0 saturated heterocycles. The van der Waals surface area contributed by atoms with Gasteiger partial charge in [-0.05, 0) is 37.6 Å². The number of hydroxylamine groups is 2. The van der Waals surface area contributed by atoms with E-state index in [1.54, 1.807) is 43.6 Å². The summed E-state index contributed by atoms with van der Waals surface area (Å²) in [7, 11) is 0. The van der Waals surface area contributed by atoms with Crippen molar-refractivity contribution >= 4 is 17.8 Å². The summed E-state index contributed by atoms with van der Waals surface area (Å²) < 4.78 is 0. The third kappa shape index (κ3) is 3.48. The topological polar surface area (TPSA) is 122 Å². The van der Waals surface area contributed by atoms with Crippen molar-refractivity contribution in [2.24, 2.45) is 0 Å². The van der Waals surface area contributed by atoms with Gasteiger partial charge in [-0.2, -0.15) is 0 Å². The van der Waals surface area contributed by atoms with Gasteiger partial charge in [-0.25, -0.2) is 9.78 Å². The average molecular weight is 404 g/mol. The number of amides is 2. The average Bonchev–Trinajstić information content (AvgIpc) is 2.99. The summed E-state index contributed by atoms with van der Waals surface area (Å²) in [6, 6.07) is 9.65. The number of nitrogens with zero attached hydrogens (tertiary/aromatic N) is 3. The second-order valence-electron chi connectivity index (χ2n) is 6.63. The van der Waals surface area contributed by atoms with E-state index in [1.165, 1.54) is 12.1 Å². The van der Waals surface area contributed by atoms with Gasteiger partial charge in [0.05, 0.1) is 17.5 Å². The molecular weight excluding hydrogens is 388 g/mol. The van der Waals surface area contributed by atoms with Gasteiger partial charge in [0.2, 0.25) is 0 Å². The Bertz CT molecular complexity index is 1180. The second kappa shape index (κ2) is 7.70. The van der Waals surface area contributed by atoms with Crippen LogP contribution in [-0.2, 0) is 16.1 Å². The number of aryl methyl sites for hydroxylation is 1. The van der Waals surface area contributed by atoms with E-state index in [0.717, 1.165) is 0 Å². The smallest absolute Gasteiger partial charge is 0.330 e. The minimum Gasteiger partial charge on any atom is -0.330 e. The minimum atomic E-state index is -0.804. The highest BCUT2D eigenvalue weighted by Gasteiger charge is 2.38. The fraction of sp³-hybridized carbons (Fsp3) is 0.143. The molecule has 0 bridgehead atoms. The van der Waals surface area contributed by atoms with Gasteiger partial charge in [-0.1, -0.05) is 17.2 Å². The van der Waals surface area contributed by atoms with Crippen LogP contribution in [0.2, 0.25) is 0 Å². The molecule has 1 aliphatic rings. The minimum absolute atomic E-state index is 0.0484. The van der Waals surface area contributed by atoms with Gasteiger partial charge in [-0.3, -0.25) is 19.4 Å². The van der Waals surface area contributed by atoms with Crippen LogP contribution in [-0.4, -0.2) is 37.8 Å². The molecule has 4 rings (SSSR count). The normalized spacial score (nSPS) is 12.8. The van der Waals surface area contributed by atoms with Crippen LogP contribution in [0.5, 0.6) is 0 Å². The number of benzene rings is 1. The molecule has 0 fully saturated rings. The van der Waals surface area contributed by atoms with Crippen LogP contribution in [0.15, 0.2) is 53.6 Å². The largest absolute Gasteiger partial charge is 0.333 e. The molecule has 0 saturated carbocycles. The Kier molecular flexibility index (Phi) is 4.93. The Morgan fingerprint density at radius 2 is 1.67 bits per heavy atom. The number of rotatable bonds is 5. The zero-order valence-corrected chi connectivity index (χ0v) is 15.9. The highest BCUT2D eigenvalue weighted by atomic mass is 16.7. The van der Waals surface area contributed by atoms with E-state index in [4.69, 9.17) is 4.84 Å². The first-order chi connectivity index (χ1) is 14.5. The molecule has 0 aliphatic carbocycles. The molecule has 1 aromatic carbocycles. The van der Waals surface area contributed by atoms with E-state index in [0.29, 0.717) is 27.7 Å². The molecule has 2 amide bonds. The molecule has 9 nitrogen and oxygen atoms in total. The standard InChI is InChI=1S/C21H16N4O5/c1-12-14(19(27)24-18(23-12)13-8-10-22-11-9-13)6-7-17(26)30-25-20(28)15-4-2-3-5-16(15)21(25)29/h2-5,8-11H,6-7H2,1H3,(H,23,24,27). The Hall–Kier alpha value is -4.14. The lowest BCUT2D eigenvalue weighted by atomic mass is 10.1. The van der Waals surface area contributed by atoms with Crippen molar-refractivity contribution < 1.29 is 19.2 Å². The van der Waals surface area contributed by atoms with Crippen molar-refractivity contribution in [1.82, 2.24) is 20.0 Å². The molecule has 3 aromatic rings. The highest BCUT2D eigenvalue weighted by molar-refractivity contribution is 6.20. The summed E-state index contributed by atoms with van der Waals surface area (Å²) in [5.74, 6) is -1.79. The van der Waals surface area contributed by atoms with E-state index < -0.39 is 17.8 Å². The number of hydrogen-bond donors (Lipinski definition) is 1. The van der Waals surface area contributed by atoms with E-state index in [1.807, 2.05) is 0 Å². The number of fused-ring (bicyclic) bond motifs is 1. The number of carbonyl (C=O) groups excluding carboxylic acids is 3. The second-order valence-corrected chi connectivity index (χ2v) is 6.63. The first-order valence-electron chi connectivity index (χ1n) is 9.14. The van der Waals surface area contributed by atoms with E-state index >= 15 is 0 Å². The van der Waals surface area contributed by atoms with Gasteiger partial charge in [0, 0.05) is 29.2 Å². The molecule has 2 aromatic heterocycles. The Morgan fingerprint density at radius 3 is 2.27 bits per heavy atom. The number of aromatic amines is 1. The van der Waals surface area contributed by atoms with Crippen molar-refractivity contribution in [3.8, 4) is 11.4 Å². The maximum Gasteiger partial charge on any atom is 0.333 e. The van der Waals surface area contributed by atoms with Crippen molar-refractivity contribution in [3.05, 3.63) is 81.5 Å².